The van der Waals surface area contributed by atoms with E-state index in [2.05, 4.69) is 26.2 Å². The fourth-order valence-corrected chi connectivity index (χ4v) is 2.81. The Morgan fingerprint density at radius 1 is 1.50 bits per heavy atom. The van der Waals surface area contributed by atoms with Gasteiger partial charge in [-0.1, -0.05) is 12.8 Å². The summed E-state index contributed by atoms with van der Waals surface area (Å²) in [7, 11) is 0. The van der Waals surface area contributed by atoms with Crippen LogP contribution in [0.3, 0.4) is 0 Å². The minimum absolute atomic E-state index is 0.162. The second kappa shape index (κ2) is 4.72. The van der Waals surface area contributed by atoms with Crippen LogP contribution in [0.4, 0.5) is 5.82 Å². The number of nitrogens with zero attached hydrogens (tertiary/aromatic N) is 1. The predicted molar refractivity (Wildman–Crippen MR) is 68.6 cm³/mol. The lowest BCUT2D eigenvalue weighted by molar-refractivity contribution is 0.213. The van der Waals surface area contributed by atoms with E-state index < -0.39 is 0 Å². The van der Waals surface area contributed by atoms with Crippen molar-refractivity contribution in [3.63, 3.8) is 0 Å². The van der Waals surface area contributed by atoms with Gasteiger partial charge in [0.05, 0.1) is 16.6 Å². The van der Waals surface area contributed by atoms with Gasteiger partial charge in [-0.25, -0.2) is 4.98 Å². The first kappa shape index (κ1) is 11.9. The minimum Gasteiger partial charge on any atom is -0.394 e. The molecule has 4 heteroatoms. The molecule has 1 heterocycles. The van der Waals surface area contributed by atoms with Crippen LogP contribution >= 0.6 is 15.9 Å². The first-order chi connectivity index (χ1) is 7.65. The largest absolute Gasteiger partial charge is 0.394 e. The van der Waals surface area contributed by atoms with Crippen molar-refractivity contribution >= 4 is 21.7 Å². The number of halogens is 1. The molecule has 1 aromatic rings. The van der Waals surface area contributed by atoms with E-state index in [0.29, 0.717) is 0 Å². The molecule has 16 heavy (non-hydrogen) atoms. The van der Waals surface area contributed by atoms with Gasteiger partial charge in [-0.05, 0) is 47.3 Å². The molecule has 0 amide bonds. The smallest absolute Gasteiger partial charge is 0.140 e. The van der Waals surface area contributed by atoms with Crippen LogP contribution in [0, 0.1) is 6.92 Å². The van der Waals surface area contributed by atoms with E-state index in [-0.39, 0.29) is 12.1 Å². The van der Waals surface area contributed by atoms with Gasteiger partial charge >= 0.3 is 0 Å². The second-order valence-electron chi connectivity index (χ2n) is 4.61. The summed E-state index contributed by atoms with van der Waals surface area (Å²) in [5.74, 6) is 0.835. The minimum atomic E-state index is -0.162. The first-order valence-electron chi connectivity index (χ1n) is 5.66. The van der Waals surface area contributed by atoms with Crippen molar-refractivity contribution in [2.24, 2.45) is 0 Å². The zero-order valence-electron chi connectivity index (χ0n) is 9.46. The van der Waals surface area contributed by atoms with Crippen LogP contribution in [-0.4, -0.2) is 22.2 Å². The summed E-state index contributed by atoms with van der Waals surface area (Å²) >= 11 is 3.50. The molecule has 88 valence electrons. The van der Waals surface area contributed by atoms with Crippen LogP contribution in [0.2, 0.25) is 0 Å². The highest BCUT2D eigenvalue weighted by Gasteiger charge is 2.33. The summed E-state index contributed by atoms with van der Waals surface area (Å²) in [5.41, 5.74) is 0.965. The highest BCUT2D eigenvalue weighted by molar-refractivity contribution is 9.10. The molecular formula is C12H17BrN2O. The fourth-order valence-electron chi connectivity index (χ4n) is 2.25. The van der Waals surface area contributed by atoms with Gasteiger partial charge in [-0.2, -0.15) is 0 Å². The molecule has 2 rings (SSSR count). The summed E-state index contributed by atoms with van der Waals surface area (Å²) in [6.45, 7) is 2.19. The van der Waals surface area contributed by atoms with Crippen LogP contribution in [-0.2, 0) is 0 Å². The number of aliphatic hydroxyl groups excluding tert-OH is 1. The lowest BCUT2D eigenvalue weighted by atomic mass is 9.99. The maximum absolute atomic E-state index is 9.52. The van der Waals surface area contributed by atoms with Crippen LogP contribution in [0.5, 0.6) is 0 Å². The molecule has 0 atom stereocenters. The number of hydrogen-bond donors (Lipinski definition) is 2. The third kappa shape index (κ3) is 2.38. The Hall–Kier alpha value is -0.610. The summed E-state index contributed by atoms with van der Waals surface area (Å²) in [4.78, 5) is 4.37. The number of aliphatic hydroxyl groups is 1. The summed E-state index contributed by atoms with van der Waals surface area (Å²) in [6, 6.07) is 2.04. The fraction of sp³-hybridized carbons (Fsp3) is 0.583. The topological polar surface area (TPSA) is 45.2 Å². The van der Waals surface area contributed by atoms with Crippen LogP contribution < -0.4 is 5.32 Å². The summed E-state index contributed by atoms with van der Waals surface area (Å²) in [5, 5.41) is 12.9. The molecule has 1 aliphatic rings. The average molecular weight is 285 g/mol. The molecule has 0 radical (unpaired) electrons. The second-order valence-corrected chi connectivity index (χ2v) is 5.47. The maximum atomic E-state index is 9.52. The van der Waals surface area contributed by atoms with Gasteiger partial charge in [0, 0.05) is 6.20 Å². The van der Waals surface area contributed by atoms with Gasteiger partial charge < -0.3 is 10.4 Å². The third-order valence-electron chi connectivity index (χ3n) is 3.22. The predicted octanol–water partition coefficient (Wildman–Crippen LogP) is 2.87. The van der Waals surface area contributed by atoms with Crippen LogP contribution in [0.15, 0.2) is 16.7 Å². The van der Waals surface area contributed by atoms with Crippen molar-refractivity contribution in [2.45, 2.75) is 38.1 Å². The Kier molecular flexibility index (Phi) is 3.50. The normalized spacial score (nSPS) is 18.7. The number of anilines is 1. The SMILES string of the molecule is Cc1cnc(NC2(CO)CCCC2)c(Br)c1. The Balaban J connectivity index is 2.19. The number of nitrogens with one attached hydrogen (secondary N) is 1. The molecule has 0 aromatic carbocycles. The standard InChI is InChI=1S/C12H17BrN2O/c1-9-6-10(13)11(14-7-9)15-12(8-16)4-2-3-5-12/h6-7,16H,2-5,8H2,1H3,(H,14,15). The molecule has 1 aliphatic carbocycles. The van der Waals surface area contributed by atoms with E-state index in [1.54, 1.807) is 0 Å². The van der Waals surface area contributed by atoms with Crippen molar-refractivity contribution in [3.05, 3.63) is 22.3 Å². The average Bonchev–Trinajstić information content (AvgIpc) is 2.72. The van der Waals surface area contributed by atoms with Gasteiger partial charge in [0.2, 0.25) is 0 Å². The van der Waals surface area contributed by atoms with E-state index in [1.807, 2.05) is 19.2 Å². The van der Waals surface area contributed by atoms with E-state index in [4.69, 9.17) is 0 Å². The van der Waals surface area contributed by atoms with Crippen molar-refractivity contribution in [3.8, 4) is 0 Å². The van der Waals surface area contributed by atoms with Crippen molar-refractivity contribution in [2.75, 3.05) is 11.9 Å². The zero-order valence-corrected chi connectivity index (χ0v) is 11.0. The maximum Gasteiger partial charge on any atom is 0.140 e. The molecule has 1 fully saturated rings. The number of rotatable bonds is 3. The molecule has 0 unspecified atom stereocenters. The molecule has 3 nitrogen and oxygen atoms in total. The molecule has 0 bridgehead atoms. The highest BCUT2D eigenvalue weighted by atomic mass is 79.9. The van der Waals surface area contributed by atoms with Crippen LogP contribution in [0.1, 0.15) is 31.2 Å². The van der Waals surface area contributed by atoms with Crippen molar-refractivity contribution in [1.29, 1.82) is 0 Å². The van der Waals surface area contributed by atoms with Gasteiger partial charge in [-0.3, -0.25) is 0 Å². The number of aryl methyl sites for hydroxylation is 1. The monoisotopic (exact) mass is 284 g/mol. The molecular weight excluding hydrogens is 268 g/mol. The van der Waals surface area contributed by atoms with Gasteiger partial charge in [0.15, 0.2) is 0 Å². The van der Waals surface area contributed by atoms with Crippen LogP contribution in [0.25, 0.3) is 0 Å². The van der Waals surface area contributed by atoms with Gasteiger partial charge in [0.1, 0.15) is 5.82 Å². The summed E-state index contributed by atoms with van der Waals surface area (Å²) in [6.07, 6.45) is 6.23. The van der Waals surface area contributed by atoms with Crippen molar-refractivity contribution in [1.82, 2.24) is 4.98 Å². The Labute approximate surface area is 104 Å². The Morgan fingerprint density at radius 2 is 2.19 bits per heavy atom. The molecule has 2 N–H and O–H groups in total. The van der Waals surface area contributed by atoms with E-state index >= 15 is 0 Å². The highest BCUT2D eigenvalue weighted by Crippen LogP contribution is 2.34. The molecule has 0 saturated heterocycles. The van der Waals surface area contributed by atoms with Gasteiger partial charge in [0.25, 0.3) is 0 Å². The van der Waals surface area contributed by atoms with E-state index in [0.717, 1.165) is 28.7 Å². The molecule has 1 saturated carbocycles. The van der Waals surface area contributed by atoms with E-state index in [9.17, 15) is 5.11 Å². The lowest BCUT2D eigenvalue weighted by Gasteiger charge is -2.29. The number of aromatic nitrogens is 1. The quantitative estimate of drug-likeness (QED) is 0.897. The summed E-state index contributed by atoms with van der Waals surface area (Å²) < 4.78 is 0.965. The molecule has 0 aliphatic heterocycles. The Bertz CT molecular complexity index is 375. The molecule has 1 aromatic heterocycles. The zero-order chi connectivity index (χ0) is 11.6. The number of pyridine rings is 1. The van der Waals surface area contributed by atoms with Gasteiger partial charge in [-0.15, -0.1) is 0 Å². The third-order valence-corrected chi connectivity index (χ3v) is 3.83. The lowest BCUT2D eigenvalue weighted by Crippen LogP contribution is -2.39. The first-order valence-corrected chi connectivity index (χ1v) is 6.46. The molecule has 0 spiro atoms. The Morgan fingerprint density at radius 3 is 2.75 bits per heavy atom. The van der Waals surface area contributed by atoms with Crippen molar-refractivity contribution < 1.29 is 5.11 Å². The number of hydrogen-bond acceptors (Lipinski definition) is 3. The van der Waals surface area contributed by atoms with E-state index in [1.165, 1.54) is 12.8 Å².